The first-order valence-electron chi connectivity index (χ1n) is 8.47. The van der Waals surface area contributed by atoms with Crippen LogP contribution in [-0.2, 0) is 6.18 Å². The van der Waals surface area contributed by atoms with Crippen LogP contribution >= 0.6 is 11.6 Å². The van der Waals surface area contributed by atoms with Crippen LogP contribution in [0.25, 0.3) is 0 Å². The summed E-state index contributed by atoms with van der Waals surface area (Å²) in [6, 6.07) is 12.0. The van der Waals surface area contributed by atoms with Gasteiger partial charge in [-0.15, -0.1) is 0 Å². The highest BCUT2D eigenvalue weighted by atomic mass is 35.5. The number of hydrogen-bond acceptors (Lipinski definition) is 3. The van der Waals surface area contributed by atoms with Crippen LogP contribution in [0.1, 0.15) is 15.9 Å². The minimum absolute atomic E-state index is 0.119. The Labute approximate surface area is 160 Å². The Morgan fingerprint density at radius 2 is 1.67 bits per heavy atom. The number of carbonyl (C=O) groups is 1. The van der Waals surface area contributed by atoms with Crippen molar-refractivity contribution in [3.8, 4) is 0 Å². The van der Waals surface area contributed by atoms with E-state index >= 15 is 0 Å². The lowest BCUT2D eigenvalue weighted by molar-refractivity contribution is -0.137. The highest BCUT2D eigenvalue weighted by Gasteiger charge is 2.31. The molecule has 27 heavy (non-hydrogen) atoms. The number of hydrogen-bond donors (Lipinski definition) is 0. The van der Waals surface area contributed by atoms with Gasteiger partial charge in [-0.2, -0.15) is 13.2 Å². The van der Waals surface area contributed by atoms with Crippen molar-refractivity contribution in [1.82, 2.24) is 4.90 Å². The van der Waals surface area contributed by atoms with Gasteiger partial charge < -0.3 is 9.80 Å². The van der Waals surface area contributed by atoms with E-state index in [0.29, 0.717) is 42.5 Å². The fourth-order valence-electron chi connectivity index (χ4n) is 2.89. The summed E-state index contributed by atoms with van der Waals surface area (Å²) in [7, 11) is 0. The number of carbonyl (C=O) groups excluding carboxylic acids is 1. The van der Waals surface area contributed by atoms with E-state index in [1.54, 1.807) is 36.5 Å². The molecular formula is C20H18ClF3N2O. The SMILES string of the molecule is O=C(/C=C/N1CCN(c2cccc(C(F)(F)F)c2)CC1)c1ccc(Cl)cc1. The molecular weight excluding hydrogens is 377 g/mol. The van der Waals surface area contributed by atoms with Crippen LogP contribution < -0.4 is 4.90 Å². The number of piperazine rings is 1. The van der Waals surface area contributed by atoms with Gasteiger partial charge in [-0.25, -0.2) is 0 Å². The molecule has 3 rings (SSSR count). The lowest BCUT2D eigenvalue weighted by Crippen LogP contribution is -2.44. The van der Waals surface area contributed by atoms with Crippen LogP contribution in [0.4, 0.5) is 18.9 Å². The van der Waals surface area contributed by atoms with Crippen molar-refractivity contribution in [2.45, 2.75) is 6.18 Å². The molecule has 0 aromatic heterocycles. The normalized spacial score (nSPS) is 15.4. The van der Waals surface area contributed by atoms with E-state index in [0.717, 1.165) is 6.07 Å². The van der Waals surface area contributed by atoms with E-state index in [2.05, 4.69) is 0 Å². The van der Waals surface area contributed by atoms with Gasteiger partial charge in [-0.05, 0) is 42.5 Å². The van der Waals surface area contributed by atoms with E-state index in [1.807, 2.05) is 9.80 Å². The van der Waals surface area contributed by atoms with E-state index in [-0.39, 0.29) is 5.78 Å². The summed E-state index contributed by atoms with van der Waals surface area (Å²) < 4.78 is 38.6. The second-order valence-electron chi connectivity index (χ2n) is 6.26. The number of alkyl halides is 3. The maximum atomic E-state index is 12.9. The summed E-state index contributed by atoms with van der Waals surface area (Å²) in [5, 5.41) is 0.571. The van der Waals surface area contributed by atoms with Crippen LogP contribution in [0.2, 0.25) is 5.02 Å². The Morgan fingerprint density at radius 3 is 2.30 bits per heavy atom. The maximum Gasteiger partial charge on any atom is 0.416 e. The molecule has 1 heterocycles. The molecule has 0 atom stereocenters. The van der Waals surface area contributed by atoms with Gasteiger partial charge in [0.1, 0.15) is 0 Å². The number of halogens is 4. The van der Waals surface area contributed by atoms with E-state index < -0.39 is 11.7 Å². The molecule has 142 valence electrons. The lowest BCUT2D eigenvalue weighted by atomic mass is 10.1. The maximum absolute atomic E-state index is 12.9. The fourth-order valence-corrected chi connectivity index (χ4v) is 3.02. The quantitative estimate of drug-likeness (QED) is 0.545. The molecule has 0 bridgehead atoms. The Hall–Kier alpha value is -2.47. The summed E-state index contributed by atoms with van der Waals surface area (Å²) in [4.78, 5) is 16.0. The molecule has 1 saturated heterocycles. The summed E-state index contributed by atoms with van der Waals surface area (Å²) in [5.41, 5.74) is 0.472. The first-order chi connectivity index (χ1) is 12.8. The van der Waals surface area contributed by atoms with Crippen LogP contribution in [0.5, 0.6) is 0 Å². The van der Waals surface area contributed by atoms with E-state index in [9.17, 15) is 18.0 Å². The second kappa shape index (κ2) is 8.05. The van der Waals surface area contributed by atoms with Crippen LogP contribution in [-0.4, -0.2) is 36.9 Å². The van der Waals surface area contributed by atoms with Crippen molar-refractivity contribution in [1.29, 1.82) is 0 Å². The number of rotatable bonds is 4. The average Bonchev–Trinajstić information content (AvgIpc) is 2.66. The van der Waals surface area contributed by atoms with E-state index in [4.69, 9.17) is 11.6 Å². The molecule has 0 amide bonds. The minimum Gasteiger partial charge on any atom is -0.374 e. The Balaban J connectivity index is 1.57. The van der Waals surface area contributed by atoms with Gasteiger partial charge in [-0.1, -0.05) is 17.7 Å². The van der Waals surface area contributed by atoms with Crippen molar-refractivity contribution < 1.29 is 18.0 Å². The molecule has 2 aromatic carbocycles. The summed E-state index contributed by atoms with van der Waals surface area (Å²) in [6.45, 7) is 2.42. The largest absolute Gasteiger partial charge is 0.416 e. The number of anilines is 1. The molecule has 0 radical (unpaired) electrons. The number of allylic oxidation sites excluding steroid dienone is 1. The van der Waals surface area contributed by atoms with Crippen molar-refractivity contribution in [2.75, 3.05) is 31.1 Å². The van der Waals surface area contributed by atoms with Gasteiger partial charge in [0.2, 0.25) is 0 Å². The smallest absolute Gasteiger partial charge is 0.374 e. The van der Waals surface area contributed by atoms with Gasteiger partial charge in [0.15, 0.2) is 5.78 Å². The van der Waals surface area contributed by atoms with Crippen molar-refractivity contribution in [3.63, 3.8) is 0 Å². The zero-order chi connectivity index (χ0) is 19.4. The molecule has 2 aromatic rings. The summed E-state index contributed by atoms with van der Waals surface area (Å²) >= 11 is 5.81. The topological polar surface area (TPSA) is 23.6 Å². The molecule has 1 aliphatic heterocycles. The number of ketones is 1. The minimum atomic E-state index is -4.34. The molecule has 3 nitrogen and oxygen atoms in total. The van der Waals surface area contributed by atoms with Crippen molar-refractivity contribution >= 4 is 23.1 Å². The zero-order valence-corrected chi connectivity index (χ0v) is 15.2. The summed E-state index contributed by atoms with van der Waals surface area (Å²) in [6.07, 6.45) is -1.10. The number of nitrogens with zero attached hydrogens (tertiary/aromatic N) is 2. The molecule has 0 N–H and O–H groups in total. The molecule has 0 spiro atoms. The molecule has 0 saturated carbocycles. The van der Waals surface area contributed by atoms with Crippen LogP contribution in [0.15, 0.2) is 60.8 Å². The summed E-state index contributed by atoms with van der Waals surface area (Å²) in [5.74, 6) is -0.119. The molecule has 1 fully saturated rings. The van der Waals surface area contributed by atoms with Gasteiger partial charge in [-0.3, -0.25) is 4.79 Å². The highest BCUT2D eigenvalue weighted by molar-refractivity contribution is 6.30. The standard InChI is InChI=1S/C20H18ClF3N2O/c21-17-6-4-15(5-7-17)19(27)8-9-25-10-12-26(13-11-25)18-3-1-2-16(14-18)20(22,23)24/h1-9,14H,10-13H2/b9-8+. The lowest BCUT2D eigenvalue weighted by Gasteiger charge is -2.35. The Bertz CT molecular complexity index is 826. The first kappa shape index (κ1) is 19.3. The monoisotopic (exact) mass is 394 g/mol. The average molecular weight is 395 g/mol. The number of benzene rings is 2. The predicted molar refractivity (Wildman–Crippen MR) is 100 cm³/mol. The fraction of sp³-hybridized carbons (Fsp3) is 0.250. The van der Waals surface area contributed by atoms with Crippen molar-refractivity contribution in [2.24, 2.45) is 0 Å². The first-order valence-corrected chi connectivity index (χ1v) is 8.85. The molecule has 1 aliphatic rings. The van der Waals surface area contributed by atoms with Gasteiger partial charge in [0.25, 0.3) is 0 Å². The Morgan fingerprint density at radius 1 is 1.00 bits per heavy atom. The van der Waals surface area contributed by atoms with Gasteiger partial charge in [0, 0.05) is 54.7 Å². The highest BCUT2D eigenvalue weighted by Crippen LogP contribution is 2.31. The Kier molecular flexibility index (Phi) is 5.75. The third kappa shape index (κ3) is 5.04. The second-order valence-corrected chi connectivity index (χ2v) is 6.69. The third-order valence-electron chi connectivity index (χ3n) is 4.42. The van der Waals surface area contributed by atoms with Gasteiger partial charge >= 0.3 is 6.18 Å². The van der Waals surface area contributed by atoms with Crippen LogP contribution in [0, 0.1) is 0 Å². The zero-order valence-electron chi connectivity index (χ0n) is 14.4. The van der Waals surface area contributed by atoms with Crippen molar-refractivity contribution in [3.05, 3.63) is 77.0 Å². The molecule has 0 unspecified atom stereocenters. The van der Waals surface area contributed by atoms with Crippen LogP contribution in [0.3, 0.4) is 0 Å². The van der Waals surface area contributed by atoms with E-state index in [1.165, 1.54) is 18.2 Å². The molecule has 7 heteroatoms. The third-order valence-corrected chi connectivity index (χ3v) is 4.67. The molecule has 0 aliphatic carbocycles. The van der Waals surface area contributed by atoms with Gasteiger partial charge in [0.05, 0.1) is 5.56 Å². The predicted octanol–water partition coefficient (Wildman–Crippen LogP) is 4.88.